The van der Waals surface area contributed by atoms with E-state index < -0.39 is 97.5 Å². The number of phosphoric ester groups is 2. The van der Waals surface area contributed by atoms with E-state index in [-0.39, 0.29) is 25.7 Å². The molecule has 0 aliphatic rings. The Kier molecular flexibility index (Phi) is 68.4. The first kappa shape index (κ1) is 95.1. The molecule has 5 atom stereocenters. The average Bonchev–Trinajstić information content (AvgIpc) is 1.01. The van der Waals surface area contributed by atoms with Gasteiger partial charge < -0.3 is 33.8 Å². The Morgan fingerprint density at radius 2 is 0.474 bits per heavy atom. The molecule has 2 unspecified atom stereocenters. The summed E-state index contributed by atoms with van der Waals surface area (Å²) in [7, 11) is -9.91. The number of unbranched alkanes of at least 4 members (excludes halogenated alkanes) is 47. The highest BCUT2D eigenvalue weighted by atomic mass is 31.2. The predicted molar refractivity (Wildman–Crippen MR) is 395 cm³/mol. The molecule has 0 radical (unpaired) electrons. The number of carbonyl (C=O) groups is 4. The van der Waals surface area contributed by atoms with Gasteiger partial charge in [0.05, 0.1) is 26.4 Å². The zero-order chi connectivity index (χ0) is 71.4. The van der Waals surface area contributed by atoms with Gasteiger partial charge in [-0.05, 0) is 37.5 Å². The third-order valence-electron chi connectivity index (χ3n) is 18.2. The maximum absolute atomic E-state index is 13.1. The minimum absolute atomic E-state index is 0.108. The number of hydrogen-bond acceptors (Lipinski definition) is 15. The lowest BCUT2D eigenvalue weighted by Gasteiger charge is -2.21. The molecule has 0 amide bonds. The van der Waals surface area contributed by atoms with E-state index in [0.717, 1.165) is 102 Å². The maximum Gasteiger partial charge on any atom is 0.472 e. The molecule has 0 spiro atoms. The number of aliphatic hydroxyl groups is 1. The maximum atomic E-state index is 13.1. The SMILES string of the molecule is CCCCCCCCCCCCCCCCC(=O)O[C@H](COC(=O)CCCCCCCCCCCCC)COP(=O)(O)OC[C@H](O)COP(=O)(O)OC[C@@H](COC(=O)CCCCCCCCCCCCCC(C)C)OC(=O)CCCCCCCCCCCCCCCCCC(C)C. The summed E-state index contributed by atoms with van der Waals surface area (Å²) in [5.41, 5.74) is 0. The number of rotatable bonds is 77. The molecule has 0 saturated carbocycles. The Hall–Kier alpha value is -1.94. The summed E-state index contributed by atoms with van der Waals surface area (Å²) in [4.78, 5) is 72.9. The summed E-state index contributed by atoms with van der Waals surface area (Å²) in [6.45, 7) is 9.65. The van der Waals surface area contributed by atoms with Crippen molar-refractivity contribution in [3.63, 3.8) is 0 Å². The van der Waals surface area contributed by atoms with E-state index in [1.54, 1.807) is 0 Å². The third kappa shape index (κ3) is 72.2. The second-order valence-electron chi connectivity index (χ2n) is 29.1. The van der Waals surface area contributed by atoms with E-state index >= 15 is 0 Å². The fourth-order valence-electron chi connectivity index (χ4n) is 12.0. The smallest absolute Gasteiger partial charge is 0.462 e. The van der Waals surface area contributed by atoms with Crippen molar-refractivity contribution in [2.24, 2.45) is 11.8 Å². The van der Waals surface area contributed by atoms with Crippen LogP contribution in [0.1, 0.15) is 408 Å². The molecule has 0 saturated heterocycles. The summed E-state index contributed by atoms with van der Waals surface area (Å²) < 4.78 is 68.6. The van der Waals surface area contributed by atoms with Crippen LogP contribution in [0, 0.1) is 11.8 Å². The van der Waals surface area contributed by atoms with Gasteiger partial charge in [-0.15, -0.1) is 0 Å². The van der Waals surface area contributed by atoms with Crippen LogP contribution >= 0.6 is 15.6 Å². The highest BCUT2D eigenvalue weighted by molar-refractivity contribution is 7.47. The largest absolute Gasteiger partial charge is 0.472 e. The quantitative estimate of drug-likeness (QED) is 0.0222. The Labute approximate surface area is 594 Å². The van der Waals surface area contributed by atoms with Crippen molar-refractivity contribution >= 4 is 39.5 Å². The Morgan fingerprint density at radius 1 is 0.278 bits per heavy atom. The Bertz CT molecular complexity index is 1870. The van der Waals surface area contributed by atoms with Gasteiger partial charge >= 0.3 is 39.5 Å². The van der Waals surface area contributed by atoms with Crippen molar-refractivity contribution in [2.75, 3.05) is 39.6 Å². The molecule has 0 fully saturated rings. The monoisotopic (exact) mass is 1420 g/mol. The lowest BCUT2D eigenvalue weighted by molar-refractivity contribution is -0.161. The number of phosphoric acid groups is 2. The van der Waals surface area contributed by atoms with Gasteiger partial charge in [0.1, 0.15) is 19.3 Å². The van der Waals surface area contributed by atoms with Crippen LogP contribution in [0.3, 0.4) is 0 Å². The molecule has 0 aliphatic heterocycles. The normalized spacial score (nSPS) is 14.0. The van der Waals surface area contributed by atoms with Crippen molar-refractivity contribution < 1.29 is 80.2 Å². The number of hydrogen-bond donors (Lipinski definition) is 3. The summed E-state index contributed by atoms with van der Waals surface area (Å²) in [6, 6.07) is 0. The standard InChI is InChI=1S/C78H152O17P2/c1-7-9-11-13-15-17-19-20-25-31-38-44-50-56-62-77(82)94-73(66-88-75(80)60-54-48-42-36-28-18-16-14-12-10-8-2)68-92-96(84,85)90-64-72(79)65-91-97(86,87)93-69-74(67-89-76(81)61-55-49-43-37-33-27-30-35-41-47-53-59-71(5)6)95-78(83)63-57-51-45-39-32-26-23-21-22-24-29-34-40-46-52-58-70(3)4/h70-74,79H,7-69H2,1-6H3,(H,84,85)(H,86,87)/t72-,73+,74+/m0/s1. The van der Waals surface area contributed by atoms with Gasteiger partial charge in [0, 0.05) is 25.7 Å². The molecular formula is C78H152O17P2. The number of ether oxygens (including phenoxy) is 4. The molecule has 19 heteroatoms. The van der Waals surface area contributed by atoms with Gasteiger partial charge in [0.2, 0.25) is 0 Å². The lowest BCUT2D eigenvalue weighted by Crippen LogP contribution is -2.30. The van der Waals surface area contributed by atoms with Gasteiger partial charge in [0.25, 0.3) is 0 Å². The molecule has 0 heterocycles. The molecule has 0 bridgehead atoms. The zero-order valence-electron chi connectivity index (χ0n) is 63.4. The van der Waals surface area contributed by atoms with Crippen LogP contribution < -0.4 is 0 Å². The predicted octanol–water partition coefficient (Wildman–Crippen LogP) is 23.1. The average molecular weight is 1420 g/mol. The van der Waals surface area contributed by atoms with Crippen molar-refractivity contribution in [1.82, 2.24) is 0 Å². The molecule has 0 aliphatic carbocycles. The van der Waals surface area contributed by atoms with E-state index in [9.17, 15) is 43.2 Å². The highest BCUT2D eigenvalue weighted by Gasteiger charge is 2.30. The molecule has 576 valence electrons. The van der Waals surface area contributed by atoms with Crippen LogP contribution in [0.25, 0.3) is 0 Å². The fourth-order valence-corrected chi connectivity index (χ4v) is 13.6. The fraction of sp³-hybridized carbons (Fsp3) is 0.949. The molecule has 0 rings (SSSR count). The van der Waals surface area contributed by atoms with E-state index in [1.165, 1.54) is 225 Å². The second-order valence-corrected chi connectivity index (χ2v) is 32.0. The minimum Gasteiger partial charge on any atom is -0.462 e. The van der Waals surface area contributed by atoms with Crippen molar-refractivity contribution in [3.8, 4) is 0 Å². The summed E-state index contributed by atoms with van der Waals surface area (Å²) >= 11 is 0. The molecule has 0 aromatic carbocycles. The van der Waals surface area contributed by atoms with Crippen LogP contribution in [-0.2, 0) is 65.4 Å². The molecule has 3 N–H and O–H groups in total. The third-order valence-corrected chi connectivity index (χ3v) is 20.1. The van der Waals surface area contributed by atoms with Crippen molar-refractivity contribution in [3.05, 3.63) is 0 Å². The first-order valence-electron chi connectivity index (χ1n) is 40.5. The van der Waals surface area contributed by atoms with Crippen LogP contribution in [0.15, 0.2) is 0 Å². The molecule has 97 heavy (non-hydrogen) atoms. The second kappa shape index (κ2) is 69.8. The Balaban J connectivity index is 5.25. The Morgan fingerprint density at radius 3 is 0.701 bits per heavy atom. The summed E-state index contributed by atoms with van der Waals surface area (Å²) in [6.07, 6.45) is 58.1. The van der Waals surface area contributed by atoms with Crippen LogP contribution in [0.4, 0.5) is 0 Å². The number of esters is 4. The highest BCUT2D eigenvalue weighted by Crippen LogP contribution is 2.45. The summed E-state index contributed by atoms with van der Waals surface area (Å²) in [5.74, 6) is -0.536. The van der Waals surface area contributed by atoms with E-state index in [4.69, 9.17) is 37.0 Å². The lowest BCUT2D eigenvalue weighted by atomic mass is 10.0. The van der Waals surface area contributed by atoms with Gasteiger partial charge in [-0.25, -0.2) is 9.13 Å². The van der Waals surface area contributed by atoms with Gasteiger partial charge in [-0.3, -0.25) is 37.3 Å². The minimum atomic E-state index is -4.96. The van der Waals surface area contributed by atoms with Crippen molar-refractivity contribution in [1.29, 1.82) is 0 Å². The first-order chi connectivity index (χ1) is 46.9. The van der Waals surface area contributed by atoms with Crippen molar-refractivity contribution in [2.45, 2.75) is 426 Å². The number of aliphatic hydroxyl groups excluding tert-OH is 1. The molecule has 0 aromatic heterocycles. The zero-order valence-corrected chi connectivity index (χ0v) is 65.2. The first-order valence-corrected chi connectivity index (χ1v) is 43.5. The van der Waals surface area contributed by atoms with Crippen LogP contribution in [-0.4, -0.2) is 96.7 Å². The van der Waals surface area contributed by atoms with E-state index in [0.29, 0.717) is 25.7 Å². The van der Waals surface area contributed by atoms with E-state index in [1.807, 2.05) is 0 Å². The molecular weight excluding hydrogens is 1270 g/mol. The molecule has 0 aromatic rings. The van der Waals surface area contributed by atoms with Crippen LogP contribution in [0.5, 0.6) is 0 Å². The van der Waals surface area contributed by atoms with Gasteiger partial charge in [-0.1, -0.05) is 356 Å². The molecule has 17 nitrogen and oxygen atoms in total. The van der Waals surface area contributed by atoms with Gasteiger partial charge in [0.15, 0.2) is 12.2 Å². The van der Waals surface area contributed by atoms with E-state index in [2.05, 4.69) is 41.5 Å². The summed E-state index contributed by atoms with van der Waals surface area (Å²) in [5, 5.41) is 10.6. The number of carbonyl (C=O) groups excluding carboxylic acids is 4. The van der Waals surface area contributed by atoms with Crippen LogP contribution in [0.2, 0.25) is 0 Å². The topological polar surface area (TPSA) is 237 Å². The van der Waals surface area contributed by atoms with Gasteiger partial charge in [-0.2, -0.15) is 0 Å².